The normalized spacial score (nSPS) is 19.8. The van der Waals surface area contributed by atoms with E-state index in [1.165, 1.54) is 0 Å². The molecule has 2 aliphatic rings. The van der Waals surface area contributed by atoms with E-state index < -0.39 is 6.10 Å². The molecule has 7 heteroatoms. The first-order chi connectivity index (χ1) is 12.5. The SMILES string of the molecule is CN=C(C)C(=O)NC1CCN(C[C@H](O)c2ccc3c(c2)COC3=O)CC1. The fourth-order valence-corrected chi connectivity index (χ4v) is 3.36. The smallest absolute Gasteiger partial charge is 0.338 e. The average Bonchev–Trinajstić information content (AvgIpc) is 3.03. The number of aliphatic hydroxyl groups is 1. The fraction of sp³-hybridized carbons (Fsp3) is 0.526. The van der Waals surface area contributed by atoms with Gasteiger partial charge in [-0.3, -0.25) is 9.79 Å². The van der Waals surface area contributed by atoms with Crippen molar-refractivity contribution in [1.29, 1.82) is 0 Å². The van der Waals surface area contributed by atoms with E-state index >= 15 is 0 Å². The molecule has 26 heavy (non-hydrogen) atoms. The zero-order valence-corrected chi connectivity index (χ0v) is 15.2. The topological polar surface area (TPSA) is 91.2 Å². The molecule has 1 aromatic carbocycles. The summed E-state index contributed by atoms with van der Waals surface area (Å²) >= 11 is 0. The summed E-state index contributed by atoms with van der Waals surface area (Å²) in [5.41, 5.74) is 2.71. The first kappa shape index (κ1) is 18.5. The van der Waals surface area contributed by atoms with Crippen LogP contribution in [0.4, 0.5) is 0 Å². The van der Waals surface area contributed by atoms with E-state index in [9.17, 15) is 14.7 Å². The molecule has 1 amide bonds. The lowest BCUT2D eigenvalue weighted by Crippen LogP contribution is -2.47. The Labute approximate surface area is 153 Å². The number of amides is 1. The van der Waals surface area contributed by atoms with Gasteiger partial charge in [0.2, 0.25) is 0 Å². The number of carbonyl (C=O) groups is 2. The van der Waals surface area contributed by atoms with Gasteiger partial charge in [0, 0.05) is 38.3 Å². The van der Waals surface area contributed by atoms with Gasteiger partial charge in [-0.25, -0.2) is 4.79 Å². The largest absolute Gasteiger partial charge is 0.457 e. The molecule has 1 fully saturated rings. The summed E-state index contributed by atoms with van der Waals surface area (Å²) < 4.78 is 5.00. The Morgan fingerprint density at radius 3 is 2.85 bits per heavy atom. The molecule has 3 rings (SSSR count). The summed E-state index contributed by atoms with van der Waals surface area (Å²) in [6.07, 6.45) is 1.08. The summed E-state index contributed by atoms with van der Waals surface area (Å²) in [6, 6.07) is 5.51. The molecule has 0 bridgehead atoms. The fourth-order valence-electron chi connectivity index (χ4n) is 3.36. The van der Waals surface area contributed by atoms with Crippen molar-refractivity contribution in [3.63, 3.8) is 0 Å². The highest BCUT2D eigenvalue weighted by Gasteiger charge is 2.25. The van der Waals surface area contributed by atoms with Crippen LogP contribution in [-0.4, -0.2) is 60.3 Å². The van der Waals surface area contributed by atoms with Crippen molar-refractivity contribution in [2.45, 2.75) is 38.5 Å². The molecule has 0 unspecified atom stereocenters. The molecule has 1 atom stereocenters. The summed E-state index contributed by atoms with van der Waals surface area (Å²) in [5.74, 6) is -0.408. The number of piperidine rings is 1. The third-order valence-electron chi connectivity index (χ3n) is 5.11. The van der Waals surface area contributed by atoms with Crippen molar-refractivity contribution >= 4 is 17.6 Å². The van der Waals surface area contributed by atoms with E-state index in [1.54, 1.807) is 26.1 Å². The van der Waals surface area contributed by atoms with E-state index in [0.29, 0.717) is 17.8 Å². The Kier molecular flexibility index (Phi) is 5.68. The summed E-state index contributed by atoms with van der Waals surface area (Å²) in [4.78, 5) is 29.5. The molecule has 2 aliphatic heterocycles. The van der Waals surface area contributed by atoms with Gasteiger partial charge in [0.1, 0.15) is 6.61 Å². The van der Waals surface area contributed by atoms with Crippen LogP contribution in [0.15, 0.2) is 23.2 Å². The number of cyclic esters (lactones) is 1. The van der Waals surface area contributed by atoms with Crippen LogP contribution in [0.2, 0.25) is 0 Å². The number of fused-ring (bicyclic) bond motifs is 1. The van der Waals surface area contributed by atoms with Gasteiger partial charge in [0.25, 0.3) is 5.91 Å². The molecule has 2 heterocycles. The Balaban J connectivity index is 1.50. The number of nitrogens with one attached hydrogen (secondary N) is 1. The zero-order chi connectivity index (χ0) is 18.7. The second-order valence-electron chi connectivity index (χ2n) is 6.87. The molecule has 0 radical (unpaired) electrons. The minimum atomic E-state index is -0.614. The number of carbonyl (C=O) groups excluding carboxylic acids is 2. The molecular formula is C19H25N3O4. The Bertz CT molecular complexity index is 723. The van der Waals surface area contributed by atoms with Crippen LogP contribution in [0.3, 0.4) is 0 Å². The highest BCUT2D eigenvalue weighted by atomic mass is 16.5. The van der Waals surface area contributed by atoms with Crippen molar-refractivity contribution < 1.29 is 19.4 Å². The lowest BCUT2D eigenvalue weighted by atomic mass is 10.0. The molecule has 0 aromatic heterocycles. The van der Waals surface area contributed by atoms with Crippen LogP contribution in [0.25, 0.3) is 0 Å². The number of aliphatic hydroxyl groups excluding tert-OH is 1. The minimum absolute atomic E-state index is 0.110. The maximum atomic E-state index is 11.9. The van der Waals surface area contributed by atoms with Crippen molar-refractivity contribution in [3.8, 4) is 0 Å². The van der Waals surface area contributed by atoms with Crippen LogP contribution < -0.4 is 5.32 Å². The number of hydrogen-bond donors (Lipinski definition) is 2. The molecule has 140 valence electrons. The lowest BCUT2D eigenvalue weighted by molar-refractivity contribution is -0.115. The van der Waals surface area contributed by atoms with Crippen LogP contribution in [0.1, 0.15) is 47.4 Å². The molecule has 2 N–H and O–H groups in total. The second-order valence-corrected chi connectivity index (χ2v) is 6.87. The molecule has 0 saturated carbocycles. The number of nitrogens with zero attached hydrogens (tertiary/aromatic N) is 2. The number of aliphatic imine (C=N–C) groups is 1. The monoisotopic (exact) mass is 359 g/mol. The highest BCUT2D eigenvalue weighted by molar-refractivity contribution is 6.37. The first-order valence-electron chi connectivity index (χ1n) is 8.92. The molecule has 0 spiro atoms. The predicted octanol–water partition coefficient (Wildman–Crippen LogP) is 1.06. The Morgan fingerprint density at radius 2 is 2.15 bits per heavy atom. The number of ether oxygens (including phenoxy) is 1. The third-order valence-corrected chi connectivity index (χ3v) is 5.11. The van der Waals surface area contributed by atoms with Crippen LogP contribution in [0.5, 0.6) is 0 Å². The van der Waals surface area contributed by atoms with Crippen LogP contribution in [0, 0.1) is 0 Å². The average molecular weight is 359 g/mol. The number of esters is 1. The zero-order valence-electron chi connectivity index (χ0n) is 15.2. The molecule has 0 aliphatic carbocycles. The number of β-amino-alcohol motifs (C(OH)–C–C–N with tert-alkyl or cyclic N) is 1. The van der Waals surface area contributed by atoms with Crippen molar-refractivity contribution in [2.75, 3.05) is 26.7 Å². The molecule has 1 saturated heterocycles. The van der Waals surface area contributed by atoms with Gasteiger partial charge in [-0.1, -0.05) is 6.07 Å². The Hall–Kier alpha value is -2.25. The van der Waals surface area contributed by atoms with E-state index in [2.05, 4.69) is 15.2 Å². The molecular weight excluding hydrogens is 334 g/mol. The van der Waals surface area contributed by atoms with Crippen molar-refractivity contribution in [3.05, 3.63) is 34.9 Å². The number of hydrogen-bond acceptors (Lipinski definition) is 6. The summed E-state index contributed by atoms with van der Waals surface area (Å²) in [5, 5.41) is 13.5. The van der Waals surface area contributed by atoms with E-state index in [0.717, 1.165) is 37.1 Å². The van der Waals surface area contributed by atoms with Crippen molar-refractivity contribution in [1.82, 2.24) is 10.2 Å². The van der Waals surface area contributed by atoms with E-state index in [1.807, 2.05) is 6.07 Å². The quantitative estimate of drug-likeness (QED) is 0.606. The number of likely N-dealkylation sites (tertiary alicyclic amines) is 1. The van der Waals surface area contributed by atoms with Crippen LogP contribution in [-0.2, 0) is 16.1 Å². The lowest BCUT2D eigenvalue weighted by Gasteiger charge is -2.33. The summed E-state index contributed by atoms with van der Waals surface area (Å²) in [6.45, 7) is 4.15. The maximum absolute atomic E-state index is 11.9. The van der Waals surface area contributed by atoms with Gasteiger partial charge in [-0.15, -0.1) is 0 Å². The van der Waals surface area contributed by atoms with Gasteiger partial charge >= 0.3 is 5.97 Å². The van der Waals surface area contributed by atoms with Gasteiger partial charge in [0.05, 0.1) is 17.4 Å². The predicted molar refractivity (Wildman–Crippen MR) is 97.2 cm³/mol. The second kappa shape index (κ2) is 7.97. The standard InChI is InChI=1S/C19H25N3O4/c1-12(20-2)18(24)21-15-5-7-22(8-6-15)10-17(23)13-3-4-16-14(9-13)11-26-19(16)25/h3-4,9,15,17,23H,5-8,10-11H2,1-2H3,(H,21,24)/t17-/m0/s1. The maximum Gasteiger partial charge on any atom is 0.338 e. The van der Waals surface area contributed by atoms with Gasteiger partial charge in [-0.05, 0) is 37.5 Å². The summed E-state index contributed by atoms with van der Waals surface area (Å²) in [7, 11) is 1.61. The minimum Gasteiger partial charge on any atom is -0.457 e. The molecule has 1 aromatic rings. The first-order valence-corrected chi connectivity index (χ1v) is 8.92. The number of benzene rings is 1. The Morgan fingerprint density at radius 1 is 1.42 bits per heavy atom. The molecule has 7 nitrogen and oxygen atoms in total. The van der Waals surface area contributed by atoms with Gasteiger partial charge < -0.3 is 20.1 Å². The van der Waals surface area contributed by atoms with Gasteiger partial charge in [0.15, 0.2) is 0 Å². The van der Waals surface area contributed by atoms with E-state index in [-0.39, 0.29) is 24.5 Å². The van der Waals surface area contributed by atoms with Crippen molar-refractivity contribution in [2.24, 2.45) is 4.99 Å². The number of rotatable bonds is 5. The highest BCUT2D eigenvalue weighted by Crippen LogP contribution is 2.25. The van der Waals surface area contributed by atoms with Gasteiger partial charge in [-0.2, -0.15) is 0 Å². The third kappa shape index (κ3) is 4.11. The van der Waals surface area contributed by atoms with Crippen LogP contribution >= 0.6 is 0 Å². The van der Waals surface area contributed by atoms with E-state index in [4.69, 9.17) is 4.74 Å².